The van der Waals surface area contributed by atoms with Gasteiger partial charge in [0, 0.05) is 37.0 Å². The molecule has 1 saturated heterocycles. The molecule has 1 fully saturated rings. The van der Waals surface area contributed by atoms with Crippen LogP contribution < -0.4 is 5.32 Å². The van der Waals surface area contributed by atoms with Gasteiger partial charge in [0.05, 0.1) is 21.3 Å². The van der Waals surface area contributed by atoms with E-state index in [2.05, 4.69) is 26.3 Å². The molecule has 11 heteroatoms. The van der Waals surface area contributed by atoms with Crippen LogP contribution in [0.4, 0.5) is 16.3 Å². The fraction of sp³-hybridized carbons (Fsp3) is 0.269. The number of sulfone groups is 1. The molecule has 1 amide bonds. The van der Waals surface area contributed by atoms with Crippen LogP contribution in [0.5, 0.6) is 0 Å². The van der Waals surface area contributed by atoms with E-state index in [4.69, 9.17) is 9.72 Å². The van der Waals surface area contributed by atoms with Gasteiger partial charge in [-0.15, -0.1) is 0 Å². The number of carbonyl (C=O) groups is 1. The Labute approximate surface area is 223 Å². The standard InChI is InChI=1S/C26H26BrN5O4S/c1-37(34,35)21-11-9-20(10-12-21)29-24-14-23(30-25-22(27)15-28-32(24)25)19-8-5-13-31(16-19)26(33)36-17-18-6-3-2-4-7-18/h2-4,6-7,9-12,14-15,19,29H,5,8,13,16-17H2,1H3. The first kappa shape index (κ1) is 25.2. The summed E-state index contributed by atoms with van der Waals surface area (Å²) in [7, 11) is -3.28. The summed E-state index contributed by atoms with van der Waals surface area (Å²) in [5.74, 6) is 0.708. The highest BCUT2D eigenvalue weighted by atomic mass is 79.9. The number of piperidine rings is 1. The van der Waals surface area contributed by atoms with Crippen molar-refractivity contribution in [3.05, 3.63) is 82.6 Å². The fourth-order valence-corrected chi connectivity index (χ4v) is 5.36. The molecule has 1 unspecified atom stereocenters. The lowest BCUT2D eigenvalue weighted by Gasteiger charge is -2.32. The van der Waals surface area contributed by atoms with Crippen molar-refractivity contribution in [3.63, 3.8) is 0 Å². The zero-order valence-corrected chi connectivity index (χ0v) is 22.6. The van der Waals surface area contributed by atoms with Gasteiger partial charge in [-0.05, 0) is 58.6 Å². The van der Waals surface area contributed by atoms with Crippen LogP contribution in [-0.2, 0) is 21.2 Å². The second kappa shape index (κ2) is 10.5. The van der Waals surface area contributed by atoms with Crippen molar-refractivity contribution in [3.8, 4) is 0 Å². The van der Waals surface area contributed by atoms with Crippen molar-refractivity contribution in [2.45, 2.75) is 30.3 Å². The zero-order chi connectivity index (χ0) is 26.0. The molecular formula is C26H26BrN5O4S. The number of hydrogen-bond acceptors (Lipinski definition) is 7. The van der Waals surface area contributed by atoms with E-state index in [-0.39, 0.29) is 23.5 Å². The monoisotopic (exact) mass is 583 g/mol. The number of hydrogen-bond donors (Lipinski definition) is 1. The zero-order valence-electron chi connectivity index (χ0n) is 20.2. The largest absolute Gasteiger partial charge is 0.445 e. The van der Waals surface area contributed by atoms with Crippen LogP contribution in [0.25, 0.3) is 5.65 Å². The summed E-state index contributed by atoms with van der Waals surface area (Å²) < 4.78 is 31.6. The van der Waals surface area contributed by atoms with Gasteiger partial charge in [-0.3, -0.25) is 0 Å². The number of fused-ring (bicyclic) bond motifs is 1. The Hall–Kier alpha value is -3.44. The topological polar surface area (TPSA) is 106 Å². The summed E-state index contributed by atoms with van der Waals surface area (Å²) in [5, 5.41) is 7.75. The summed E-state index contributed by atoms with van der Waals surface area (Å²) in [6.07, 6.45) is 4.26. The predicted octanol–water partition coefficient (Wildman–Crippen LogP) is 5.16. The van der Waals surface area contributed by atoms with Crippen LogP contribution in [0, 0.1) is 0 Å². The molecule has 0 saturated carbocycles. The van der Waals surface area contributed by atoms with Crippen molar-refractivity contribution in [2.75, 3.05) is 24.7 Å². The van der Waals surface area contributed by atoms with Crippen molar-refractivity contribution in [2.24, 2.45) is 0 Å². The lowest BCUT2D eigenvalue weighted by molar-refractivity contribution is 0.0856. The molecule has 37 heavy (non-hydrogen) atoms. The van der Waals surface area contributed by atoms with Gasteiger partial charge in [-0.2, -0.15) is 9.61 Å². The average molecular weight is 584 g/mol. The van der Waals surface area contributed by atoms with E-state index in [9.17, 15) is 13.2 Å². The van der Waals surface area contributed by atoms with Crippen molar-refractivity contribution >= 4 is 49.0 Å². The third-order valence-corrected chi connectivity index (χ3v) is 7.99. The fourth-order valence-electron chi connectivity index (χ4n) is 4.38. The van der Waals surface area contributed by atoms with Gasteiger partial charge < -0.3 is 15.0 Å². The van der Waals surface area contributed by atoms with Crippen molar-refractivity contribution in [1.82, 2.24) is 19.5 Å². The van der Waals surface area contributed by atoms with E-state index in [1.807, 2.05) is 36.4 Å². The molecule has 1 atom stereocenters. The number of benzene rings is 2. The summed E-state index contributed by atoms with van der Waals surface area (Å²) in [4.78, 5) is 19.6. The van der Waals surface area contributed by atoms with Gasteiger partial charge in [-0.25, -0.2) is 18.2 Å². The first-order valence-corrected chi connectivity index (χ1v) is 14.5. The molecule has 4 aromatic rings. The minimum absolute atomic E-state index is 0.0259. The molecule has 9 nitrogen and oxygen atoms in total. The molecule has 1 N–H and O–H groups in total. The number of amides is 1. The van der Waals surface area contributed by atoms with E-state index in [1.54, 1.807) is 39.9 Å². The maximum absolute atomic E-state index is 12.8. The Bertz CT molecular complexity index is 1520. The van der Waals surface area contributed by atoms with Gasteiger partial charge in [0.25, 0.3) is 0 Å². The number of carbonyl (C=O) groups excluding carboxylic acids is 1. The number of nitrogens with one attached hydrogen (secondary N) is 1. The molecule has 0 aliphatic carbocycles. The molecule has 3 heterocycles. The highest BCUT2D eigenvalue weighted by molar-refractivity contribution is 9.10. The molecule has 2 aromatic carbocycles. The van der Waals surface area contributed by atoms with Crippen molar-refractivity contribution in [1.29, 1.82) is 0 Å². The third kappa shape index (κ3) is 5.78. The van der Waals surface area contributed by atoms with Gasteiger partial charge >= 0.3 is 6.09 Å². The van der Waals surface area contributed by atoms with Gasteiger partial charge in [-0.1, -0.05) is 30.3 Å². The van der Waals surface area contributed by atoms with Crippen LogP contribution in [-0.4, -0.2) is 53.4 Å². The number of likely N-dealkylation sites (tertiary alicyclic amines) is 1. The maximum Gasteiger partial charge on any atom is 0.410 e. The molecule has 0 radical (unpaired) electrons. The van der Waals surface area contributed by atoms with Crippen molar-refractivity contribution < 1.29 is 17.9 Å². The average Bonchev–Trinajstić information content (AvgIpc) is 3.28. The van der Waals surface area contributed by atoms with E-state index < -0.39 is 9.84 Å². The Morgan fingerprint density at radius 2 is 1.92 bits per heavy atom. The van der Waals surface area contributed by atoms with E-state index in [0.717, 1.165) is 28.6 Å². The maximum atomic E-state index is 12.8. The van der Waals surface area contributed by atoms with Crippen LogP contribution >= 0.6 is 15.9 Å². The van der Waals surface area contributed by atoms with Gasteiger partial charge in [0.1, 0.15) is 12.4 Å². The smallest absolute Gasteiger partial charge is 0.410 e. The SMILES string of the molecule is CS(=O)(=O)c1ccc(Nc2cc(C3CCCN(C(=O)OCc4ccccc4)C3)nc3c(Br)cnn23)cc1. The molecule has 0 spiro atoms. The number of nitrogens with zero attached hydrogens (tertiary/aromatic N) is 4. The van der Waals surface area contributed by atoms with Crippen LogP contribution in [0.3, 0.4) is 0 Å². The molecule has 5 rings (SSSR count). The first-order valence-electron chi connectivity index (χ1n) is 11.8. The van der Waals surface area contributed by atoms with E-state index in [1.165, 1.54) is 6.26 Å². The summed E-state index contributed by atoms with van der Waals surface area (Å²) in [6, 6.07) is 18.1. The summed E-state index contributed by atoms with van der Waals surface area (Å²) in [6.45, 7) is 1.38. The minimum atomic E-state index is -3.28. The van der Waals surface area contributed by atoms with Gasteiger partial charge in [0.2, 0.25) is 0 Å². The molecule has 2 aromatic heterocycles. The first-order chi connectivity index (χ1) is 17.8. The van der Waals surface area contributed by atoms with Gasteiger partial charge in [0.15, 0.2) is 15.5 Å². The third-order valence-electron chi connectivity index (χ3n) is 6.31. The lowest BCUT2D eigenvalue weighted by atomic mass is 9.94. The summed E-state index contributed by atoms with van der Waals surface area (Å²) in [5.41, 5.74) is 3.15. The van der Waals surface area contributed by atoms with E-state index >= 15 is 0 Å². The molecule has 192 valence electrons. The Kier molecular flexibility index (Phi) is 7.16. The minimum Gasteiger partial charge on any atom is -0.445 e. The Morgan fingerprint density at radius 3 is 2.65 bits per heavy atom. The number of anilines is 2. The van der Waals surface area contributed by atoms with Crippen LogP contribution in [0.15, 0.2) is 76.2 Å². The summed E-state index contributed by atoms with van der Waals surface area (Å²) >= 11 is 3.53. The van der Waals surface area contributed by atoms with Crippen LogP contribution in [0.2, 0.25) is 0 Å². The second-order valence-electron chi connectivity index (χ2n) is 9.04. The molecule has 0 bridgehead atoms. The Balaban J connectivity index is 1.36. The van der Waals surface area contributed by atoms with E-state index in [0.29, 0.717) is 30.2 Å². The number of rotatable bonds is 6. The molecule has 1 aliphatic heterocycles. The predicted molar refractivity (Wildman–Crippen MR) is 144 cm³/mol. The Morgan fingerprint density at radius 1 is 1.16 bits per heavy atom. The van der Waals surface area contributed by atoms with Crippen LogP contribution in [0.1, 0.15) is 30.0 Å². The molecule has 1 aliphatic rings. The number of halogens is 1. The number of ether oxygens (including phenoxy) is 1. The normalized spacial score (nSPS) is 16.1. The second-order valence-corrected chi connectivity index (χ2v) is 11.9. The lowest BCUT2D eigenvalue weighted by Crippen LogP contribution is -2.39. The highest BCUT2D eigenvalue weighted by Crippen LogP contribution is 2.31. The highest BCUT2D eigenvalue weighted by Gasteiger charge is 2.28. The quantitative estimate of drug-likeness (QED) is 0.334. The molecular weight excluding hydrogens is 558 g/mol. The number of aromatic nitrogens is 3.